The molecule has 2 aromatic rings. The van der Waals surface area contributed by atoms with Crippen molar-refractivity contribution in [3.63, 3.8) is 0 Å². The smallest absolute Gasteiger partial charge is 0.189 e. The van der Waals surface area contributed by atoms with Gasteiger partial charge in [0.25, 0.3) is 0 Å². The summed E-state index contributed by atoms with van der Waals surface area (Å²) in [6.07, 6.45) is 2.08. The number of phenols is 1. The summed E-state index contributed by atoms with van der Waals surface area (Å²) in [7, 11) is 0. The summed E-state index contributed by atoms with van der Waals surface area (Å²) in [5.41, 5.74) is -0.207. The highest BCUT2D eigenvalue weighted by Crippen LogP contribution is 2.18. The molecule has 19 heavy (non-hydrogen) atoms. The van der Waals surface area contributed by atoms with Crippen molar-refractivity contribution < 1.29 is 18.7 Å². The van der Waals surface area contributed by atoms with Crippen molar-refractivity contribution in [2.24, 2.45) is 0 Å². The molecule has 96 valence electrons. The Morgan fingerprint density at radius 2 is 1.63 bits per heavy atom. The SMILES string of the molecule is O=C(C=Cc1c(F)cccc1F)c1ccccc1O. The van der Waals surface area contributed by atoms with Crippen LogP contribution in [-0.2, 0) is 0 Å². The molecule has 2 aromatic carbocycles. The largest absolute Gasteiger partial charge is 0.507 e. The van der Waals surface area contributed by atoms with Crippen LogP contribution < -0.4 is 0 Å². The molecule has 2 rings (SSSR count). The number of ketones is 1. The average Bonchev–Trinajstić information content (AvgIpc) is 2.38. The number of halogens is 2. The van der Waals surface area contributed by atoms with E-state index in [4.69, 9.17) is 0 Å². The topological polar surface area (TPSA) is 37.3 Å². The van der Waals surface area contributed by atoms with Crippen LogP contribution >= 0.6 is 0 Å². The summed E-state index contributed by atoms with van der Waals surface area (Å²) in [6.45, 7) is 0. The fourth-order valence-corrected chi connectivity index (χ4v) is 1.60. The predicted octanol–water partition coefficient (Wildman–Crippen LogP) is 3.57. The zero-order chi connectivity index (χ0) is 13.8. The molecule has 4 heteroatoms. The number of rotatable bonds is 3. The van der Waals surface area contributed by atoms with Gasteiger partial charge in [-0.05, 0) is 36.4 Å². The molecular weight excluding hydrogens is 250 g/mol. The number of hydrogen-bond donors (Lipinski definition) is 1. The number of carbonyl (C=O) groups excluding carboxylic acids is 1. The Balaban J connectivity index is 2.29. The lowest BCUT2D eigenvalue weighted by Gasteiger charge is -2.00. The van der Waals surface area contributed by atoms with E-state index in [2.05, 4.69) is 0 Å². The first-order chi connectivity index (χ1) is 9.09. The van der Waals surface area contributed by atoms with Gasteiger partial charge in [0.05, 0.1) is 5.56 Å². The first kappa shape index (κ1) is 13.0. The fraction of sp³-hybridized carbons (Fsp3) is 0. The second kappa shape index (κ2) is 5.44. The van der Waals surface area contributed by atoms with E-state index in [9.17, 15) is 18.7 Å². The van der Waals surface area contributed by atoms with Gasteiger partial charge in [-0.3, -0.25) is 4.79 Å². The van der Waals surface area contributed by atoms with Gasteiger partial charge in [0.1, 0.15) is 17.4 Å². The summed E-state index contributed by atoms with van der Waals surface area (Å²) in [4.78, 5) is 11.8. The molecule has 1 N–H and O–H groups in total. The maximum Gasteiger partial charge on any atom is 0.189 e. The minimum absolute atomic E-state index is 0.0792. The van der Waals surface area contributed by atoms with Crippen LogP contribution in [0.1, 0.15) is 15.9 Å². The second-order valence-electron chi connectivity index (χ2n) is 3.85. The third-order valence-electron chi connectivity index (χ3n) is 2.57. The lowest BCUT2D eigenvalue weighted by Crippen LogP contribution is -1.95. The summed E-state index contributed by atoms with van der Waals surface area (Å²) in [6, 6.07) is 9.41. The standard InChI is InChI=1S/C15H10F2O2/c16-12-5-3-6-13(17)10(12)8-9-15(19)11-4-1-2-7-14(11)18/h1-9,18H. The summed E-state index contributed by atoms with van der Waals surface area (Å²) in [5, 5.41) is 9.48. The Kier molecular flexibility index (Phi) is 3.71. The summed E-state index contributed by atoms with van der Waals surface area (Å²) < 4.78 is 26.7. The van der Waals surface area contributed by atoms with Crippen molar-refractivity contribution >= 4 is 11.9 Å². The van der Waals surface area contributed by atoms with E-state index in [-0.39, 0.29) is 16.9 Å². The third-order valence-corrected chi connectivity index (χ3v) is 2.57. The van der Waals surface area contributed by atoms with E-state index in [0.717, 1.165) is 24.3 Å². The average molecular weight is 260 g/mol. The van der Waals surface area contributed by atoms with Crippen molar-refractivity contribution in [3.8, 4) is 5.75 Å². The van der Waals surface area contributed by atoms with Crippen molar-refractivity contribution in [1.82, 2.24) is 0 Å². The molecule has 0 unspecified atom stereocenters. The summed E-state index contributed by atoms with van der Waals surface area (Å²) in [5.74, 6) is -2.20. The monoisotopic (exact) mass is 260 g/mol. The van der Waals surface area contributed by atoms with Gasteiger partial charge in [0.15, 0.2) is 5.78 Å². The quantitative estimate of drug-likeness (QED) is 0.676. The van der Waals surface area contributed by atoms with Gasteiger partial charge in [-0.25, -0.2) is 8.78 Å². The lowest BCUT2D eigenvalue weighted by atomic mass is 10.1. The van der Waals surface area contributed by atoms with Gasteiger partial charge in [-0.1, -0.05) is 18.2 Å². The zero-order valence-corrected chi connectivity index (χ0v) is 9.81. The minimum atomic E-state index is -0.749. The number of benzene rings is 2. The second-order valence-corrected chi connectivity index (χ2v) is 3.85. The molecule has 2 nitrogen and oxygen atoms in total. The summed E-state index contributed by atoms with van der Waals surface area (Å²) >= 11 is 0. The number of carbonyl (C=O) groups is 1. The van der Waals surface area contributed by atoms with E-state index in [1.165, 1.54) is 18.2 Å². The van der Waals surface area contributed by atoms with Gasteiger partial charge >= 0.3 is 0 Å². The van der Waals surface area contributed by atoms with E-state index < -0.39 is 17.4 Å². The van der Waals surface area contributed by atoms with Crippen molar-refractivity contribution in [1.29, 1.82) is 0 Å². The van der Waals surface area contributed by atoms with Crippen molar-refractivity contribution in [2.75, 3.05) is 0 Å². The van der Waals surface area contributed by atoms with E-state index >= 15 is 0 Å². The van der Waals surface area contributed by atoms with E-state index in [0.29, 0.717) is 0 Å². The molecule has 0 saturated heterocycles. The Morgan fingerprint density at radius 1 is 1.00 bits per heavy atom. The lowest BCUT2D eigenvalue weighted by molar-refractivity contribution is 0.104. The van der Waals surface area contributed by atoms with Gasteiger partial charge < -0.3 is 5.11 Å². The van der Waals surface area contributed by atoms with Crippen molar-refractivity contribution in [2.45, 2.75) is 0 Å². The minimum Gasteiger partial charge on any atom is -0.507 e. The van der Waals surface area contributed by atoms with Crippen LogP contribution in [0.4, 0.5) is 8.78 Å². The van der Waals surface area contributed by atoms with Gasteiger partial charge in [-0.2, -0.15) is 0 Å². The van der Waals surface area contributed by atoms with Crippen LogP contribution in [0.25, 0.3) is 6.08 Å². The van der Waals surface area contributed by atoms with Crippen LogP contribution in [0.15, 0.2) is 48.5 Å². The molecule has 0 atom stereocenters. The van der Waals surface area contributed by atoms with Crippen LogP contribution in [0.5, 0.6) is 5.75 Å². The fourth-order valence-electron chi connectivity index (χ4n) is 1.60. The maximum atomic E-state index is 13.3. The highest BCUT2D eigenvalue weighted by molar-refractivity contribution is 6.08. The highest BCUT2D eigenvalue weighted by atomic mass is 19.1. The Hall–Kier alpha value is -2.49. The van der Waals surface area contributed by atoms with Crippen LogP contribution in [0.3, 0.4) is 0 Å². The first-order valence-corrected chi connectivity index (χ1v) is 5.54. The molecule has 0 aromatic heterocycles. The number of aromatic hydroxyl groups is 1. The number of phenolic OH excluding ortho intramolecular Hbond substituents is 1. The van der Waals surface area contributed by atoms with Crippen LogP contribution in [0.2, 0.25) is 0 Å². The van der Waals surface area contributed by atoms with Crippen LogP contribution in [-0.4, -0.2) is 10.9 Å². The van der Waals surface area contributed by atoms with E-state index in [1.54, 1.807) is 12.1 Å². The molecule has 0 amide bonds. The molecular formula is C15H10F2O2. The molecule has 0 spiro atoms. The third kappa shape index (κ3) is 2.85. The van der Waals surface area contributed by atoms with Crippen molar-refractivity contribution in [3.05, 3.63) is 71.3 Å². The Labute approximate surface area is 108 Å². The molecule has 0 aliphatic rings. The molecule has 0 radical (unpaired) electrons. The van der Waals surface area contributed by atoms with Gasteiger partial charge in [0.2, 0.25) is 0 Å². The Morgan fingerprint density at radius 3 is 2.26 bits per heavy atom. The molecule has 0 aliphatic carbocycles. The number of allylic oxidation sites excluding steroid dienone is 1. The first-order valence-electron chi connectivity index (χ1n) is 5.54. The highest BCUT2D eigenvalue weighted by Gasteiger charge is 2.09. The van der Waals surface area contributed by atoms with Gasteiger partial charge in [0, 0.05) is 5.56 Å². The van der Waals surface area contributed by atoms with Gasteiger partial charge in [-0.15, -0.1) is 0 Å². The molecule has 0 saturated carbocycles. The predicted molar refractivity (Wildman–Crippen MR) is 67.8 cm³/mol. The number of hydrogen-bond acceptors (Lipinski definition) is 2. The maximum absolute atomic E-state index is 13.3. The molecule has 0 heterocycles. The molecule has 0 aliphatic heterocycles. The van der Waals surface area contributed by atoms with E-state index in [1.807, 2.05) is 0 Å². The molecule has 0 bridgehead atoms. The Bertz CT molecular complexity index is 628. The van der Waals surface area contributed by atoms with Crippen LogP contribution in [0, 0.1) is 11.6 Å². The molecule has 0 fully saturated rings. The zero-order valence-electron chi connectivity index (χ0n) is 9.81. The number of para-hydroxylation sites is 1. The normalized spacial score (nSPS) is 10.8.